The number of nitrogens with zero attached hydrogens (tertiary/aromatic N) is 3. The summed E-state index contributed by atoms with van der Waals surface area (Å²) in [7, 11) is 1.83. The Morgan fingerprint density at radius 2 is 2.33 bits per heavy atom. The predicted octanol–water partition coefficient (Wildman–Crippen LogP) is 0.567. The second kappa shape index (κ2) is 3.56. The predicted molar refractivity (Wildman–Crippen MR) is 57.3 cm³/mol. The summed E-state index contributed by atoms with van der Waals surface area (Å²) >= 11 is 0. The van der Waals surface area contributed by atoms with Crippen molar-refractivity contribution in [2.24, 2.45) is 0 Å². The first-order valence-corrected chi connectivity index (χ1v) is 5.13. The Balaban J connectivity index is 2.15. The average molecular weight is 208 g/mol. The lowest BCUT2D eigenvalue weighted by Crippen LogP contribution is -2.38. The lowest BCUT2D eigenvalue weighted by atomic mass is 10.1. The van der Waals surface area contributed by atoms with E-state index in [2.05, 4.69) is 5.10 Å². The van der Waals surface area contributed by atoms with Crippen LogP contribution < -0.4 is 5.73 Å². The Morgan fingerprint density at radius 1 is 1.60 bits per heavy atom. The maximum absolute atomic E-state index is 11.3. The van der Waals surface area contributed by atoms with E-state index in [1.54, 1.807) is 4.90 Å². The van der Waals surface area contributed by atoms with E-state index >= 15 is 0 Å². The highest BCUT2D eigenvalue weighted by Crippen LogP contribution is 2.22. The number of aromatic nitrogens is 2. The first-order chi connectivity index (χ1) is 7.08. The molecule has 0 saturated carbocycles. The topological polar surface area (TPSA) is 64.2 Å². The number of carbonyl (C=O) groups excluding carboxylic acids is 1. The molecule has 1 aromatic heterocycles. The van der Waals surface area contributed by atoms with E-state index in [1.165, 1.54) is 0 Å². The van der Waals surface area contributed by atoms with Gasteiger partial charge in [-0.2, -0.15) is 5.10 Å². The van der Waals surface area contributed by atoms with Crippen molar-refractivity contribution in [1.29, 1.82) is 0 Å². The number of carbonyl (C=O) groups is 1. The Kier molecular flexibility index (Phi) is 2.38. The lowest BCUT2D eigenvalue weighted by Gasteiger charge is -2.29. The molecule has 0 aliphatic carbocycles. The van der Waals surface area contributed by atoms with Crippen molar-refractivity contribution in [1.82, 2.24) is 14.7 Å². The molecule has 1 aliphatic rings. The van der Waals surface area contributed by atoms with Gasteiger partial charge >= 0.3 is 0 Å². The van der Waals surface area contributed by atoms with Crippen molar-refractivity contribution in [3.8, 4) is 0 Å². The summed E-state index contributed by atoms with van der Waals surface area (Å²) in [4.78, 5) is 13.1. The summed E-state index contributed by atoms with van der Waals surface area (Å²) in [6, 6.07) is 0.267. The monoisotopic (exact) mass is 208 g/mol. The number of aryl methyl sites for hydroxylation is 1. The van der Waals surface area contributed by atoms with Gasteiger partial charge in [-0.05, 0) is 13.3 Å². The van der Waals surface area contributed by atoms with Crippen LogP contribution >= 0.6 is 0 Å². The number of rotatable bonds is 1. The Labute approximate surface area is 88.8 Å². The molecule has 1 atom stereocenters. The second-order valence-corrected chi connectivity index (χ2v) is 4.12. The second-order valence-electron chi connectivity index (χ2n) is 4.12. The molecular formula is C10H16N4O. The molecule has 1 saturated heterocycles. The number of likely N-dealkylation sites (tertiary alicyclic amines) is 1. The number of amides is 1. The summed E-state index contributed by atoms with van der Waals surface area (Å²) in [5.41, 5.74) is 7.32. The van der Waals surface area contributed by atoms with Crippen molar-refractivity contribution in [3.05, 3.63) is 11.9 Å². The van der Waals surface area contributed by atoms with E-state index < -0.39 is 0 Å². The Bertz CT molecular complexity index is 365. The zero-order valence-electron chi connectivity index (χ0n) is 9.10. The smallest absolute Gasteiger partial charge is 0.222 e. The van der Waals surface area contributed by atoms with Gasteiger partial charge in [-0.25, -0.2) is 0 Å². The third-order valence-electron chi connectivity index (χ3n) is 2.93. The first kappa shape index (κ1) is 10.0. The third kappa shape index (κ3) is 1.82. The molecule has 2 N–H and O–H groups in total. The SMILES string of the molecule is Cc1nn(C2CCC(=O)N(C)C2)cc1N. The molecule has 2 rings (SSSR count). The fourth-order valence-electron chi connectivity index (χ4n) is 1.89. The van der Waals surface area contributed by atoms with Crippen LogP contribution in [0.5, 0.6) is 0 Å². The highest BCUT2D eigenvalue weighted by atomic mass is 16.2. The van der Waals surface area contributed by atoms with Gasteiger partial charge in [-0.15, -0.1) is 0 Å². The molecule has 1 amide bonds. The maximum atomic E-state index is 11.3. The molecule has 0 radical (unpaired) electrons. The standard InChI is InChI=1S/C10H16N4O/c1-7-9(11)6-14(12-7)8-3-4-10(15)13(2)5-8/h6,8H,3-5,11H2,1-2H3. The molecule has 5 nitrogen and oxygen atoms in total. The molecule has 1 aliphatic heterocycles. The van der Waals surface area contributed by atoms with Gasteiger partial charge < -0.3 is 10.6 Å². The minimum atomic E-state index is 0.211. The zero-order valence-corrected chi connectivity index (χ0v) is 9.10. The van der Waals surface area contributed by atoms with Crippen LogP contribution in [0.2, 0.25) is 0 Å². The van der Waals surface area contributed by atoms with Crippen LogP contribution in [-0.4, -0.2) is 34.2 Å². The van der Waals surface area contributed by atoms with Gasteiger partial charge in [0.25, 0.3) is 0 Å². The molecule has 15 heavy (non-hydrogen) atoms. The highest BCUT2D eigenvalue weighted by molar-refractivity contribution is 5.76. The summed E-state index contributed by atoms with van der Waals surface area (Å²) < 4.78 is 1.88. The van der Waals surface area contributed by atoms with Crippen molar-refractivity contribution in [2.45, 2.75) is 25.8 Å². The van der Waals surface area contributed by atoms with Crippen LogP contribution in [0.15, 0.2) is 6.20 Å². The molecule has 1 unspecified atom stereocenters. The van der Waals surface area contributed by atoms with Crippen molar-refractivity contribution < 1.29 is 4.79 Å². The first-order valence-electron chi connectivity index (χ1n) is 5.13. The largest absolute Gasteiger partial charge is 0.396 e. The van der Waals surface area contributed by atoms with Gasteiger partial charge in [0.05, 0.1) is 17.4 Å². The molecule has 5 heteroatoms. The van der Waals surface area contributed by atoms with Crippen LogP contribution in [0, 0.1) is 6.92 Å². The Hall–Kier alpha value is -1.52. The van der Waals surface area contributed by atoms with E-state index in [1.807, 2.05) is 24.9 Å². The molecule has 1 fully saturated rings. The zero-order chi connectivity index (χ0) is 11.0. The molecule has 0 bridgehead atoms. The quantitative estimate of drug-likeness (QED) is 0.733. The lowest BCUT2D eigenvalue weighted by molar-refractivity contribution is -0.133. The van der Waals surface area contributed by atoms with Crippen LogP contribution in [0.3, 0.4) is 0 Å². The number of nitrogen functional groups attached to an aromatic ring is 1. The van der Waals surface area contributed by atoms with E-state index in [9.17, 15) is 4.79 Å². The number of anilines is 1. The number of nitrogens with two attached hydrogens (primary N) is 1. The van der Waals surface area contributed by atoms with Gasteiger partial charge in [-0.1, -0.05) is 0 Å². The summed E-state index contributed by atoms with van der Waals surface area (Å²) in [6.07, 6.45) is 3.30. The van der Waals surface area contributed by atoms with Gasteiger partial charge in [0.2, 0.25) is 5.91 Å². The maximum Gasteiger partial charge on any atom is 0.222 e. The number of piperidine rings is 1. The van der Waals surface area contributed by atoms with Crippen LogP contribution in [0.4, 0.5) is 5.69 Å². The minimum Gasteiger partial charge on any atom is -0.396 e. The summed E-state index contributed by atoms with van der Waals surface area (Å²) in [5.74, 6) is 0.211. The van der Waals surface area contributed by atoms with Crippen LogP contribution in [0.25, 0.3) is 0 Å². The van der Waals surface area contributed by atoms with Crippen molar-refractivity contribution in [2.75, 3.05) is 19.3 Å². The van der Waals surface area contributed by atoms with E-state index in [0.717, 1.165) is 24.3 Å². The minimum absolute atomic E-state index is 0.211. The molecule has 0 aromatic carbocycles. The average Bonchev–Trinajstić information content (AvgIpc) is 2.52. The van der Waals surface area contributed by atoms with Gasteiger partial charge in [0, 0.05) is 26.2 Å². The third-order valence-corrected chi connectivity index (χ3v) is 2.93. The van der Waals surface area contributed by atoms with Gasteiger partial charge in [0.15, 0.2) is 0 Å². The van der Waals surface area contributed by atoms with Crippen LogP contribution in [-0.2, 0) is 4.79 Å². The molecule has 1 aromatic rings. The van der Waals surface area contributed by atoms with Crippen molar-refractivity contribution >= 4 is 11.6 Å². The van der Waals surface area contributed by atoms with Gasteiger partial charge in [0.1, 0.15) is 0 Å². The van der Waals surface area contributed by atoms with Gasteiger partial charge in [-0.3, -0.25) is 9.48 Å². The fourth-order valence-corrected chi connectivity index (χ4v) is 1.89. The van der Waals surface area contributed by atoms with E-state index in [0.29, 0.717) is 6.42 Å². The molecular weight excluding hydrogens is 192 g/mol. The molecule has 0 spiro atoms. The number of hydrogen-bond acceptors (Lipinski definition) is 3. The Morgan fingerprint density at radius 3 is 2.87 bits per heavy atom. The van der Waals surface area contributed by atoms with Crippen molar-refractivity contribution in [3.63, 3.8) is 0 Å². The number of hydrogen-bond donors (Lipinski definition) is 1. The normalized spacial score (nSPS) is 22.1. The number of likely N-dealkylation sites (N-methyl/N-ethyl adjacent to an activating group) is 1. The van der Waals surface area contributed by atoms with E-state index in [4.69, 9.17) is 5.73 Å². The fraction of sp³-hybridized carbons (Fsp3) is 0.600. The summed E-state index contributed by atoms with van der Waals surface area (Å²) in [6.45, 7) is 2.61. The molecule has 2 heterocycles. The van der Waals surface area contributed by atoms with Crippen LogP contribution in [0.1, 0.15) is 24.6 Å². The van der Waals surface area contributed by atoms with E-state index in [-0.39, 0.29) is 11.9 Å². The molecule has 82 valence electrons. The summed E-state index contributed by atoms with van der Waals surface area (Å²) in [5, 5.41) is 4.35. The highest BCUT2D eigenvalue weighted by Gasteiger charge is 2.24.